The van der Waals surface area contributed by atoms with E-state index in [4.69, 9.17) is 4.74 Å². The molecule has 2 aromatic heterocycles. The molecule has 4 rings (SSSR count). The van der Waals surface area contributed by atoms with Crippen LogP contribution in [0.5, 0.6) is 0 Å². The SMILES string of the molecule is O=C(COC(=O)c1ccc(-n2cnnn2)cc1)NC(c1ccc(F)cc1)c1cccs1. The molecule has 0 spiro atoms. The number of nitrogens with zero attached hydrogens (tertiary/aromatic N) is 4. The second-order valence-corrected chi connectivity index (χ2v) is 7.42. The van der Waals surface area contributed by atoms with Crippen LogP contribution in [0.2, 0.25) is 0 Å². The van der Waals surface area contributed by atoms with Crippen molar-refractivity contribution in [1.29, 1.82) is 0 Å². The third kappa shape index (κ3) is 4.98. The Balaban J connectivity index is 1.38. The highest BCUT2D eigenvalue weighted by Gasteiger charge is 2.19. The zero-order valence-electron chi connectivity index (χ0n) is 16.0. The van der Waals surface area contributed by atoms with Crippen LogP contribution < -0.4 is 5.32 Å². The van der Waals surface area contributed by atoms with Gasteiger partial charge in [0.15, 0.2) is 6.61 Å². The Bertz CT molecular complexity index is 1150. The molecular weight excluding hydrogens is 421 g/mol. The molecule has 156 valence electrons. The van der Waals surface area contributed by atoms with Crippen molar-refractivity contribution in [2.24, 2.45) is 0 Å². The highest BCUT2D eigenvalue weighted by atomic mass is 32.1. The molecule has 4 aromatic rings. The van der Waals surface area contributed by atoms with Crippen LogP contribution in [0.4, 0.5) is 4.39 Å². The molecule has 1 N–H and O–H groups in total. The number of benzene rings is 2. The number of nitrogens with one attached hydrogen (secondary N) is 1. The van der Waals surface area contributed by atoms with Crippen LogP contribution in [0.15, 0.2) is 72.4 Å². The Labute approximate surface area is 180 Å². The number of carbonyl (C=O) groups excluding carboxylic acids is 2. The number of ether oxygens (including phenoxy) is 1. The molecule has 10 heteroatoms. The van der Waals surface area contributed by atoms with Crippen molar-refractivity contribution in [2.45, 2.75) is 6.04 Å². The molecule has 0 aliphatic rings. The Morgan fingerprint density at radius 1 is 1.10 bits per heavy atom. The van der Waals surface area contributed by atoms with E-state index in [2.05, 4.69) is 20.8 Å². The van der Waals surface area contributed by atoms with Gasteiger partial charge in [-0.05, 0) is 63.8 Å². The van der Waals surface area contributed by atoms with Crippen molar-refractivity contribution < 1.29 is 18.7 Å². The van der Waals surface area contributed by atoms with Gasteiger partial charge >= 0.3 is 5.97 Å². The normalized spacial score (nSPS) is 11.6. The molecule has 0 radical (unpaired) electrons. The summed E-state index contributed by atoms with van der Waals surface area (Å²) in [6.45, 7) is -0.448. The fraction of sp³-hybridized carbons (Fsp3) is 0.0952. The van der Waals surface area contributed by atoms with Crippen molar-refractivity contribution in [3.63, 3.8) is 0 Å². The molecule has 8 nitrogen and oxygen atoms in total. The van der Waals surface area contributed by atoms with Gasteiger partial charge in [-0.1, -0.05) is 18.2 Å². The molecule has 1 unspecified atom stereocenters. The molecule has 2 heterocycles. The summed E-state index contributed by atoms with van der Waals surface area (Å²) in [6.07, 6.45) is 1.43. The molecular formula is C21H16FN5O3S. The highest BCUT2D eigenvalue weighted by molar-refractivity contribution is 7.10. The second-order valence-electron chi connectivity index (χ2n) is 6.44. The van der Waals surface area contributed by atoms with E-state index in [0.717, 1.165) is 10.4 Å². The molecule has 0 bridgehead atoms. The highest BCUT2D eigenvalue weighted by Crippen LogP contribution is 2.26. The van der Waals surface area contributed by atoms with Crippen molar-refractivity contribution in [2.75, 3.05) is 6.61 Å². The fourth-order valence-corrected chi connectivity index (χ4v) is 3.68. The number of esters is 1. The standard InChI is InChI=1S/C21H16FN5O3S/c22-16-7-3-14(4-8-16)20(18-2-1-11-31-18)24-19(28)12-30-21(29)15-5-9-17(10-6-15)27-13-23-25-26-27/h1-11,13,20H,12H2,(H,24,28). The number of amides is 1. The first-order valence-electron chi connectivity index (χ1n) is 9.19. The molecule has 0 saturated heterocycles. The summed E-state index contributed by atoms with van der Waals surface area (Å²) >= 11 is 1.46. The number of carbonyl (C=O) groups is 2. The number of aromatic nitrogens is 4. The Morgan fingerprint density at radius 2 is 1.87 bits per heavy atom. The lowest BCUT2D eigenvalue weighted by atomic mass is 10.1. The van der Waals surface area contributed by atoms with Gasteiger partial charge in [-0.25, -0.2) is 13.9 Å². The lowest BCUT2D eigenvalue weighted by Gasteiger charge is -2.18. The fourth-order valence-electron chi connectivity index (χ4n) is 2.88. The minimum Gasteiger partial charge on any atom is -0.452 e. The van der Waals surface area contributed by atoms with Gasteiger partial charge < -0.3 is 10.1 Å². The first kappa shape index (κ1) is 20.4. The van der Waals surface area contributed by atoms with Gasteiger partial charge in [0.2, 0.25) is 0 Å². The molecule has 0 aliphatic heterocycles. The van der Waals surface area contributed by atoms with E-state index in [1.807, 2.05) is 17.5 Å². The predicted octanol–water partition coefficient (Wildman–Crippen LogP) is 2.93. The van der Waals surface area contributed by atoms with Gasteiger partial charge in [-0.15, -0.1) is 16.4 Å². The van der Waals surface area contributed by atoms with E-state index in [0.29, 0.717) is 5.69 Å². The molecule has 2 aromatic carbocycles. The van der Waals surface area contributed by atoms with E-state index in [1.54, 1.807) is 36.4 Å². The van der Waals surface area contributed by atoms with Crippen molar-refractivity contribution in [3.05, 3.63) is 94.2 Å². The molecule has 0 aliphatic carbocycles. The van der Waals surface area contributed by atoms with E-state index >= 15 is 0 Å². The van der Waals surface area contributed by atoms with Crippen LogP contribution in [0.1, 0.15) is 26.8 Å². The number of tetrazole rings is 1. The maximum atomic E-state index is 13.3. The molecule has 0 saturated carbocycles. The number of rotatable bonds is 7. The average Bonchev–Trinajstić information content (AvgIpc) is 3.51. The Morgan fingerprint density at radius 3 is 2.52 bits per heavy atom. The van der Waals surface area contributed by atoms with E-state index in [9.17, 15) is 14.0 Å². The quantitative estimate of drug-likeness (QED) is 0.447. The maximum Gasteiger partial charge on any atom is 0.338 e. The van der Waals surface area contributed by atoms with Crippen molar-refractivity contribution >= 4 is 23.2 Å². The Hall–Kier alpha value is -3.92. The van der Waals surface area contributed by atoms with Gasteiger partial charge in [-0.2, -0.15) is 0 Å². The number of thiophene rings is 1. The smallest absolute Gasteiger partial charge is 0.338 e. The van der Waals surface area contributed by atoms with Crippen molar-refractivity contribution in [3.8, 4) is 5.69 Å². The zero-order valence-corrected chi connectivity index (χ0v) is 16.8. The van der Waals surface area contributed by atoms with E-state index < -0.39 is 24.5 Å². The first-order chi connectivity index (χ1) is 15.1. The van der Waals surface area contributed by atoms with Crippen LogP contribution >= 0.6 is 11.3 Å². The van der Waals surface area contributed by atoms with Crippen LogP contribution in [-0.4, -0.2) is 38.7 Å². The minimum atomic E-state index is -0.632. The largest absolute Gasteiger partial charge is 0.452 e. The summed E-state index contributed by atoms with van der Waals surface area (Å²) in [4.78, 5) is 25.6. The van der Waals surface area contributed by atoms with Gasteiger partial charge in [0.05, 0.1) is 17.3 Å². The summed E-state index contributed by atoms with van der Waals surface area (Å²) in [5.41, 5.74) is 1.69. The number of hydrogen-bond donors (Lipinski definition) is 1. The molecule has 0 fully saturated rings. The lowest BCUT2D eigenvalue weighted by molar-refractivity contribution is -0.124. The molecule has 1 atom stereocenters. The van der Waals surface area contributed by atoms with Crippen LogP contribution in [0.25, 0.3) is 5.69 Å². The molecule has 31 heavy (non-hydrogen) atoms. The lowest BCUT2D eigenvalue weighted by Crippen LogP contribution is -2.32. The van der Waals surface area contributed by atoms with Gasteiger partial charge in [0.1, 0.15) is 12.1 Å². The topological polar surface area (TPSA) is 99.0 Å². The van der Waals surface area contributed by atoms with Gasteiger partial charge in [0.25, 0.3) is 5.91 Å². The van der Waals surface area contributed by atoms with E-state index in [-0.39, 0.29) is 11.4 Å². The first-order valence-corrected chi connectivity index (χ1v) is 10.1. The summed E-state index contributed by atoms with van der Waals surface area (Å²) in [5, 5.41) is 15.6. The van der Waals surface area contributed by atoms with Gasteiger partial charge in [-0.3, -0.25) is 4.79 Å². The summed E-state index contributed by atoms with van der Waals surface area (Å²) in [7, 11) is 0. The van der Waals surface area contributed by atoms with E-state index in [1.165, 1.54) is 34.5 Å². The zero-order chi connectivity index (χ0) is 21.6. The van der Waals surface area contributed by atoms with Crippen LogP contribution in [0, 0.1) is 5.82 Å². The second kappa shape index (κ2) is 9.26. The third-order valence-electron chi connectivity index (χ3n) is 4.39. The summed E-state index contributed by atoms with van der Waals surface area (Å²) in [5.74, 6) is -1.46. The maximum absolute atomic E-state index is 13.3. The predicted molar refractivity (Wildman–Crippen MR) is 110 cm³/mol. The number of halogens is 1. The summed E-state index contributed by atoms with van der Waals surface area (Å²) in [6, 6.07) is 15.6. The monoisotopic (exact) mass is 437 g/mol. The van der Waals surface area contributed by atoms with Gasteiger partial charge in [0, 0.05) is 4.88 Å². The van der Waals surface area contributed by atoms with Crippen molar-refractivity contribution in [1.82, 2.24) is 25.5 Å². The third-order valence-corrected chi connectivity index (χ3v) is 5.32. The summed E-state index contributed by atoms with van der Waals surface area (Å²) < 4.78 is 19.9. The molecule has 1 amide bonds. The van der Waals surface area contributed by atoms with Crippen LogP contribution in [0.3, 0.4) is 0 Å². The Kier molecular flexibility index (Phi) is 6.08. The van der Waals surface area contributed by atoms with Crippen LogP contribution in [-0.2, 0) is 9.53 Å². The number of hydrogen-bond acceptors (Lipinski definition) is 7. The average molecular weight is 437 g/mol. The minimum absolute atomic E-state index is 0.290.